The molecule has 0 bridgehead atoms. The summed E-state index contributed by atoms with van der Waals surface area (Å²) in [6.07, 6.45) is 3.79. The third kappa shape index (κ3) is 4.82. The first-order valence-corrected chi connectivity index (χ1v) is 8.85. The quantitative estimate of drug-likeness (QED) is 0.609. The average Bonchev–Trinajstić information content (AvgIpc) is 2.88. The molecule has 124 valence electrons. The standard InChI is InChI=1S/C17H24N4OS/c1-12(2)15-19-20-16(23-6)21(15)18-11-13-7-9-14(10-8-13)22-17(3,4)5/h7-12H,1-6H3/b18-11-. The Bertz CT molecular complexity index is 669. The molecule has 0 saturated carbocycles. The Hall–Kier alpha value is -1.82. The van der Waals surface area contributed by atoms with Gasteiger partial charge in [0.1, 0.15) is 11.4 Å². The maximum atomic E-state index is 5.82. The van der Waals surface area contributed by atoms with E-state index in [1.165, 1.54) is 11.8 Å². The summed E-state index contributed by atoms with van der Waals surface area (Å²) in [7, 11) is 0. The van der Waals surface area contributed by atoms with Crippen LogP contribution in [-0.2, 0) is 0 Å². The number of benzene rings is 1. The molecule has 0 aliphatic heterocycles. The van der Waals surface area contributed by atoms with Crippen LogP contribution in [0.5, 0.6) is 5.75 Å². The van der Waals surface area contributed by atoms with Crippen LogP contribution in [-0.4, -0.2) is 32.9 Å². The van der Waals surface area contributed by atoms with Crippen LogP contribution in [0.15, 0.2) is 34.5 Å². The summed E-state index contributed by atoms with van der Waals surface area (Å²) in [6.45, 7) is 10.3. The summed E-state index contributed by atoms with van der Waals surface area (Å²) in [5.74, 6) is 1.98. The number of nitrogens with zero attached hydrogens (tertiary/aromatic N) is 4. The molecule has 6 heteroatoms. The lowest BCUT2D eigenvalue weighted by Gasteiger charge is -2.21. The molecule has 2 rings (SSSR count). The van der Waals surface area contributed by atoms with Gasteiger partial charge in [0.05, 0.1) is 6.21 Å². The minimum atomic E-state index is -0.197. The number of thioether (sulfide) groups is 1. The van der Waals surface area contributed by atoms with Gasteiger partial charge in [0, 0.05) is 5.92 Å². The molecule has 5 nitrogen and oxygen atoms in total. The first-order valence-electron chi connectivity index (χ1n) is 7.63. The van der Waals surface area contributed by atoms with Gasteiger partial charge in [-0.1, -0.05) is 25.6 Å². The molecule has 1 aromatic carbocycles. The van der Waals surface area contributed by atoms with Crippen molar-refractivity contribution in [3.8, 4) is 5.75 Å². The van der Waals surface area contributed by atoms with Gasteiger partial charge in [-0.05, 0) is 56.9 Å². The molecule has 0 fully saturated rings. The van der Waals surface area contributed by atoms with Gasteiger partial charge in [0.15, 0.2) is 5.82 Å². The lowest BCUT2D eigenvalue weighted by molar-refractivity contribution is 0.131. The van der Waals surface area contributed by atoms with Gasteiger partial charge in [-0.25, -0.2) is 0 Å². The molecule has 0 unspecified atom stereocenters. The van der Waals surface area contributed by atoms with Gasteiger partial charge in [-0.3, -0.25) is 0 Å². The van der Waals surface area contributed by atoms with Crippen molar-refractivity contribution in [2.45, 2.75) is 51.3 Å². The second-order valence-corrected chi connectivity index (χ2v) is 7.31. The van der Waals surface area contributed by atoms with Gasteiger partial charge in [0.25, 0.3) is 0 Å². The van der Waals surface area contributed by atoms with Gasteiger partial charge >= 0.3 is 0 Å². The first kappa shape index (κ1) is 17.5. The van der Waals surface area contributed by atoms with E-state index in [1.54, 1.807) is 4.68 Å². The van der Waals surface area contributed by atoms with Crippen LogP contribution in [0.4, 0.5) is 0 Å². The topological polar surface area (TPSA) is 52.3 Å². The predicted molar refractivity (Wildman–Crippen MR) is 95.7 cm³/mol. The average molecular weight is 332 g/mol. The van der Waals surface area contributed by atoms with E-state index in [0.29, 0.717) is 0 Å². The highest BCUT2D eigenvalue weighted by atomic mass is 32.2. The van der Waals surface area contributed by atoms with E-state index in [-0.39, 0.29) is 11.5 Å². The van der Waals surface area contributed by atoms with E-state index >= 15 is 0 Å². The van der Waals surface area contributed by atoms with Crippen molar-refractivity contribution >= 4 is 18.0 Å². The van der Waals surface area contributed by atoms with Gasteiger partial charge in [-0.2, -0.15) is 9.78 Å². The smallest absolute Gasteiger partial charge is 0.211 e. The van der Waals surface area contributed by atoms with Gasteiger partial charge < -0.3 is 4.74 Å². The third-order valence-electron chi connectivity index (χ3n) is 2.96. The van der Waals surface area contributed by atoms with Crippen LogP contribution in [0.2, 0.25) is 0 Å². The Balaban J connectivity index is 2.19. The van der Waals surface area contributed by atoms with Crippen LogP contribution >= 0.6 is 11.8 Å². The maximum absolute atomic E-state index is 5.82. The summed E-state index contributed by atoms with van der Waals surface area (Å²) in [5.41, 5.74) is 0.805. The van der Waals surface area contributed by atoms with E-state index in [1.807, 2.05) is 57.5 Å². The van der Waals surface area contributed by atoms with Crippen molar-refractivity contribution < 1.29 is 4.74 Å². The number of hydrogen-bond donors (Lipinski definition) is 0. The number of rotatable bonds is 5. The van der Waals surface area contributed by atoms with E-state index < -0.39 is 0 Å². The molecule has 0 saturated heterocycles. The summed E-state index contributed by atoms with van der Waals surface area (Å²) in [5, 5.41) is 13.7. The largest absolute Gasteiger partial charge is 0.488 e. The summed E-state index contributed by atoms with van der Waals surface area (Å²) in [4.78, 5) is 0. The molecule has 1 heterocycles. The lowest BCUT2D eigenvalue weighted by atomic mass is 10.2. The monoisotopic (exact) mass is 332 g/mol. The molecule has 0 atom stereocenters. The van der Waals surface area contributed by atoms with E-state index in [2.05, 4.69) is 29.1 Å². The summed E-state index contributed by atoms with van der Waals surface area (Å²) < 4.78 is 7.62. The molecule has 2 aromatic rings. The highest BCUT2D eigenvalue weighted by Gasteiger charge is 2.13. The number of hydrogen-bond acceptors (Lipinski definition) is 5. The normalized spacial score (nSPS) is 12.3. The Labute approximate surface area is 142 Å². The van der Waals surface area contributed by atoms with Crippen LogP contribution in [0.1, 0.15) is 51.9 Å². The second kappa shape index (κ2) is 7.17. The highest BCUT2D eigenvalue weighted by molar-refractivity contribution is 7.98. The second-order valence-electron chi connectivity index (χ2n) is 6.54. The summed E-state index contributed by atoms with van der Waals surface area (Å²) >= 11 is 1.53. The SMILES string of the molecule is CSc1nnc(C(C)C)n1/N=C\c1ccc(OC(C)(C)C)cc1. The fourth-order valence-corrected chi connectivity index (χ4v) is 2.41. The maximum Gasteiger partial charge on any atom is 0.211 e. The summed E-state index contributed by atoms with van der Waals surface area (Å²) in [6, 6.07) is 7.89. The molecular formula is C17H24N4OS. The predicted octanol–water partition coefficient (Wildman–Crippen LogP) is 4.18. The van der Waals surface area contributed by atoms with Gasteiger partial charge in [0.2, 0.25) is 5.16 Å². The Morgan fingerprint density at radius 1 is 1.17 bits per heavy atom. The molecule has 0 aliphatic rings. The van der Waals surface area contributed by atoms with E-state index in [0.717, 1.165) is 22.3 Å². The molecular weight excluding hydrogens is 308 g/mol. The molecule has 0 amide bonds. The molecule has 1 aromatic heterocycles. The van der Waals surface area contributed by atoms with Crippen LogP contribution < -0.4 is 4.74 Å². The molecule has 0 aliphatic carbocycles. The van der Waals surface area contributed by atoms with Crippen molar-refractivity contribution in [1.82, 2.24) is 14.9 Å². The van der Waals surface area contributed by atoms with Crippen molar-refractivity contribution in [2.24, 2.45) is 5.10 Å². The number of ether oxygens (including phenoxy) is 1. The van der Waals surface area contributed by atoms with Crippen LogP contribution in [0.25, 0.3) is 0 Å². The Kier molecular flexibility index (Phi) is 5.46. The molecule has 0 spiro atoms. The third-order valence-corrected chi connectivity index (χ3v) is 3.58. The fourth-order valence-electron chi connectivity index (χ4n) is 1.97. The molecule has 0 N–H and O–H groups in total. The lowest BCUT2D eigenvalue weighted by Crippen LogP contribution is -2.22. The fraction of sp³-hybridized carbons (Fsp3) is 0.471. The van der Waals surface area contributed by atoms with Crippen LogP contribution in [0, 0.1) is 0 Å². The Morgan fingerprint density at radius 2 is 1.83 bits per heavy atom. The zero-order valence-corrected chi connectivity index (χ0v) is 15.4. The number of aromatic nitrogens is 3. The molecule has 23 heavy (non-hydrogen) atoms. The Morgan fingerprint density at radius 3 is 2.35 bits per heavy atom. The zero-order chi connectivity index (χ0) is 17.0. The van der Waals surface area contributed by atoms with Crippen molar-refractivity contribution in [3.05, 3.63) is 35.7 Å². The van der Waals surface area contributed by atoms with Crippen LogP contribution in [0.3, 0.4) is 0 Å². The first-order chi connectivity index (χ1) is 10.8. The van der Waals surface area contributed by atoms with Gasteiger partial charge in [-0.15, -0.1) is 10.2 Å². The van der Waals surface area contributed by atoms with Crippen molar-refractivity contribution in [1.29, 1.82) is 0 Å². The highest BCUT2D eigenvalue weighted by Crippen LogP contribution is 2.20. The van der Waals surface area contributed by atoms with E-state index in [4.69, 9.17) is 4.74 Å². The minimum absolute atomic E-state index is 0.197. The van der Waals surface area contributed by atoms with E-state index in [9.17, 15) is 0 Å². The van der Waals surface area contributed by atoms with Crippen molar-refractivity contribution in [2.75, 3.05) is 6.26 Å². The molecule has 0 radical (unpaired) electrons. The minimum Gasteiger partial charge on any atom is -0.488 e. The van der Waals surface area contributed by atoms with Crippen molar-refractivity contribution in [3.63, 3.8) is 0 Å². The zero-order valence-electron chi connectivity index (χ0n) is 14.6.